The Morgan fingerprint density at radius 1 is 1.35 bits per heavy atom. The van der Waals surface area contributed by atoms with Crippen molar-refractivity contribution in [2.45, 2.75) is 12.5 Å². The summed E-state index contributed by atoms with van der Waals surface area (Å²) < 4.78 is 1.10. The molecule has 1 atom stereocenters. The first kappa shape index (κ1) is 12.9. The Hall–Kier alpha value is -0.580. The molecule has 1 aliphatic heterocycles. The molecule has 0 radical (unpaired) electrons. The molecule has 0 spiro atoms. The van der Waals surface area contributed by atoms with Crippen LogP contribution in [-0.4, -0.2) is 49.3 Å². The zero-order valence-electron chi connectivity index (χ0n) is 10.1. The normalized spacial score (nSPS) is 22.5. The zero-order valence-corrected chi connectivity index (χ0v) is 11.7. The van der Waals surface area contributed by atoms with Crippen molar-refractivity contribution in [2.24, 2.45) is 0 Å². The monoisotopic (exact) mass is 298 g/mol. The average molecular weight is 299 g/mol. The predicted octanol–water partition coefficient (Wildman–Crippen LogP) is 1.95. The van der Waals surface area contributed by atoms with Gasteiger partial charge in [0.05, 0.1) is 18.3 Å². The van der Waals surface area contributed by atoms with E-state index in [2.05, 4.69) is 44.9 Å². The molecule has 0 aromatic heterocycles. The van der Waals surface area contributed by atoms with Gasteiger partial charge >= 0.3 is 0 Å². The summed E-state index contributed by atoms with van der Waals surface area (Å²) in [5.41, 5.74) is 1.18. The van der Waals surface area contributed by atoms with Crippen LogP contribution in [0.2, 0.25) is 0 Å². The van der Waals surface area contributed by atoms with Gasteiger partial charge in [-0.3, -0.25) is 0 Å². The first-order valence-corrected chi connectivity index (χ1v) is 6.82. The first-order chi connectivity index (χ1) is 8.22. The molecule has 1 unspecified atom stereocenters. The molecule has 1 N–H and O–H groups in total. The molecule has 0 amide bonds. The summed E-state index contributed by atoms with van der Waals surface area (Å²) in [5, 5.41) is 9.57. The minimum Gasteiger partial charge on any atom is -0.394 e. The largest absolute Gasteiger partial charge is 0.394 e. The topological polar surface area (TPSA) is 26.7 Å². The average Bonchev–Trinajstić information content (AvgIpc) is 2.51. The van der Waals surface area contributed by atoms with Crippen LogP contribution in [0.25, 0.3) is 0 Å². The number of aliphatic hydroxyl groups excluding tert-OH is 1. The lowest BCUT2D eigenvalue weighted by molar-refractivity contribution is 0.229. The summed E-state index contributed by atoms with van der Waals surface area (Å²) in [4.78, 5) is 4.60. The lowest BCUT2D eigenvalue weighted by Crippen LogP contribution is -2.43. The van der Waals surface area contributed by atoms with Gasteiger partial charge in [0, 0.05) is 17.6 Å². The van der Waals surface area contributed by atoms with Crippen LogP contribution in [0.5, 0.6) is 0 Å². The lowest BCUT2D eigenvalue weighted by Gasteiger charge is -2.32. The minimum absolute atomic E-state index is 0.182. The Morgan fingerprint density at radius 2 is 2.12 bits per heavy atom. The molecule has 0 aliphatic carbocycles. The molecular weight excluding hydrogens is 280 g/mol. The molecule has 17 heavy (non-hydrogen) atoms. The maximum absolute atomic E-state index is 9.57. The van der Waals surface area contributed by atoms with Crippen molar-refractivity contribution >= 4 is 21.6 Å². The van der Waals surface area contributed by atoms with Crippen LogP contribution < -0.4 is 4.90 Å². The molecule has 1 fully saturated rings. The molecule has 1 aromatic rings. The fourth-order valence-corrected chi connectivity index (χ4v) is 2.91. The molecule has 4 heteroatoms. The number of para-hydroxylation sites is 1. The van der Waals surface area contributed by atoms with E-state index in [4.69, 9.17) is 0 Å². The van der Waals surface area contributed by atoms with E-state index >= 15 is 0 Å². The number of aliphatic hydroxyl groups is 1. The number of nitrogens with zero attached hydrogens (tertiary/aromatic N) is 2. The molecule has 1 saturated heterocycles. The summed E-state index contributed by atoms with van der Waals surface area (Å²) in [6, 6.07) is 8.41. The summed E-state index contributed by atoms with van der Waals surface area (Å²) in [6.07, 6.45) is 1.13. The maximum atomic E-state index is 9.57. The van der Waals surface area contributed by atoms with Gasteiger partial charge in [0.1, 0.15) is 0 Å². The molecule has 1 heterocycles. The summed E-state index contributed by atoms with van der Waals surface area (Å²) in [7, 11) is 2.12. The number of hydrogen-bond acceptors (Lipinski definition) is 3. The maximum Gasteiger partial charge on any atom is 0.0648 e. The van der Waals surface area contributed by atoms with Crippen LogP contribution in [0.4, 0.5) is 5.69 Å². The first-order valence-electron chi connectivity index (χ1n) is 6.03. The van der Waals surface area contributed by atoms with E-state index in [0.717, 1.165) is 30.5 Å². The summed E-state index contributed by atoms with van der Waals surface area (Å²) in [6.45, 7) is 3.21. The zero-order chi connectivity index (χ0) is 12.3. The van der Waals surface area contributed by atoms with Crippen molar-refractivity contribution < 1.29 is 5.11 Å². The van der Waals surface area contributed by atoms with Crippen LogP contribution in [0.15, 0.2) is 28.7 Å². The Morgan fingerprint density at radius 3 is 2.82 bits per heavy atom. The van der Waals surface area contributed by atoms with Crippen molar-refractivity contribution in [3.63, 3.8) is 0 Å². The second kappa shape index (κ2) is 5.85. The second-order valence-electron chi connectivity index (χ2n) is 4.60. The number of hydrogen-bond donors (Lipinski definition) is 1. The molecule has 0 bridgehead atoms. The highest BCUT2D eigenvalue weighted by Crippen LogP contribution is 2.28. The standard InChI is InChI=1S/C13H19BrN2O/c1-15-7-4-8-16(11(9-15)10-17)13-6-3-2-5-12(13)14/h2-3,5-6,11,17H,4,7-10H2,1H3. The molecule has 1 aliphatic rings. The van der Waals surface area contributed by atoms with Crippen LogP contribution in [0.1, 0.15) is 6.42 Å². The van der Waals surface area contributed by atoms with Gasteiger partial charge in [-0.1, -0.05) is 12.1 Å². The number of benzene rings is 1. The molecule has 0 saturated carbocycles. The number of likely N-dealkylation sites (N-methyl/N-ethyl adjacent to an activating group) is 1. The highest BCUT2D eigenvalue weighted by molar-refractivity contribution is 9.10. The van der Waals surface area contributed by atoms with E-state index in [1.807, 2.05) is 12.1 Å². The molecular formula is C13H19BrN2O. The number of halogens is 1. The highest BCUT2D eigenvalue weighted by Gasteiger charge is 2.23. The van der Waals surface area contributed by atoms with E-state index in [1.165, 1.54) is 5.69 Å². The number of anilines is 1. The Bertz CT molecular complexity index is 372. The second-order valence-corrected chi connectivity index (χ2v) is 5.45. The highest BCUT2D eigenvalue weighted by atomic mass is 79.9. The van der Waals surface area contributed by atoms with Gasteiger partial charge in [0.25, 0.3) is 0 Å². The van der Waals surface area contributed by atoms with Crippen molar-refractivity contribution in [3.8, 4) is 0 Å². The third kappa shape index (κ3) is 3.00. The predicted molar refractivity (Wildman–Crippen MR) is 74.5 cm³/mol. The van der Waals surface area contributed by atoms with Crippen LogP contribution in [-0.2, 0) is 0 Å². The van der Waals surface area contributed by atoms with Gasteiger partial charge in [-0.05, 0) is 48.1 Å². The Labute approximate surface area is 111 Å². The van der Waals surface area contributed by atoms with Gasteiger partial charge < -0.3 is 14.9 Å². The van der Waals surface area contributed by atoms with Crippen LogP contribution >= 0.6 is 15.9 Å². The van der Waals surface area contributed by atoms with Crippen molar-refractivity contribution in [1.82, 2.24) is 4.90 Å². The van der Waals surface area contributed by atoms with Crippen molar-refractivity contribution in [1.29, 1.82) is 0 Å². The van der Waals surface area contributed by atoms with Gasteiger partial charge in [0.15, 0.2) is 0 Å². The SMILES string of the molecule is CN1CCCN(c2ccccc2Br)C(CO)C1. The van der Waals surface area contributed by atoms with Crippen LogP contribution in [0.3, 0.4) is 0 Å². The van der Waals surface area contributed by atoms with E-state index < -0.39 is 0 Å². The van der Waals surface area contributed by atoms with Gasteiger partial charge in [-0.15, -0.1) is 0 Å². The smallest absolute Gasteiger partial charge is 0.0648 e. The third-order valence-corrected chi connectivity index (χ3v) is 3.95. The fraction of sp³-hybridized carbons (Fsp3) is 0.538. The fourth-order valence-electron chi connectivity index (χ4n) is 2.40. The lowest BCUT2D eigenvalue weighted by atomic mass is 10.2. The van der Waals surface area contributed by atoms with E-state index in [9.17, 15) is 5.11 Å². The summed E-state index contributed by atoms with van der Waals surface area (Å²) in [5.74, 6) is 0. The molecule has 94 valence electrons. The molecule has 3 nitrogen and oxygen atoms in total. The van der Waals surface area contributed by atoms with Gasteiger partial charge in [0.2, 0.25) is 0 Å². The van der Waals surface area contributed by atoms with Crippen molar-refractivity contribution in [3.05, 3.63) is 28.7 Å². The Kier molecular flexibility index (Phi) is 4.42. The molecule has 2 rings (SSSR count). The summed E-state index contributed by atoms with van der Waals surface area (Å²) >= 11 is 3.59. The Balaban J connectivity index is 2.25. The third-order valence-electron chi connectivity index (χ3n) is 3.27. The number of rotatable bonds is 2. The van der Waals surface area contributed by atoms with Gasteiger partial charge in [-0.2, -0.15) is 0 Å². The van der Waals surface area contributed by atoms with Crippen molar-refractivity contribution in [2.75, 3.05) is 38.2 Å². The molecule has 1 aromatic carbocycles. The van der Waals surface area contributed by atoms with E-state index in [0.29, 0.717) is 0 Å². The van der Waals surface area contributed by atoms with Crippen LogP contribution in [0, 0.1) is 0 Å². The van der Waals surface area contributed by atoms with E-state index in [-0.39, 0.29) is 12.6 Å². The van der Waals surface area contributed by atoms with E-state index in [1.54, 1.807) is 0 Å². The van der Waals surface area contributed by atoms with Gasteiger partial charge in [-0.25, -0.2) is 0 Å². The minimum atomic E-state index is 0.182. The quantitative estimate of drug-likeness (QED) is 0.904.